The first kappa shape index (κ1) is 15.7. The van der Waals surface area contributed by atoms with Crippen molar-refractivity contribution >= 4 is 21.4 Å². The van der Waals surface area contributed by atoms with E-state index in [9.17, 15) is 12.8 Å². The summed E-state index contributed by atoms with van der Waals surface area (Å²) in [6, 6.07) is 4.24. The van der Waals surface area contributed by atoms with Crippen LogP contribution in [0.5, 0.6) is 0 Å². The maximum atomic E-state index is 13.5. The second-order valence-corrected chi connectivity index (χ2v) is 7.96. The third-order valence-electron chi connectivity index (χ3n) is 3.60. The van der Waals surface area contributed by atoms with E-state index in [1.54, 1.807) is 6.07 Å². The fourth-order valence-corrected chi connectivity index (χ4v) is 4.77. The Morgan fingerprint density at radius 3 is 2.75 bits per heavy atom. The van der Waals surface area contributed by atoms with Gasteiger partial charge in [-0.05, 0) is 49.1 Å². The summed E-state index contributed by atoms with van der Waals surface area (Å²) in [6.45, 7) is 2.79. The van der Waals surface area contributed by atoms with Crippen molar-refractivity contribution in [1.82, 2.24) is 5.32 Å². The van der Waals surface area contributed by atoms with Gasteiger partial charge in [-0.3, -0.25) is 0 Å². The zero-order valence-electron chi connectivity index (χ0n) is 11.4. The van der Waals surface area contributed by atoms with Crippen molar-refractivity contribution < 1.29 is 12.8 Å². The maximum Gasteiger partial charge on any atom is 0.150 e. The smallest absolute Gasteiger partial charge is 0.150 e. The van der Waals surface area contributed by atoms with Gasteiger partial charge in [0.05, 0.1) is 11.5 Å². The van der Waals surface area contributed by atoms with Gasteiger partial charge >= 0.3 is 0 Å². The molecule has 112 valence electrons. The van der Waals surface area contributed by atoms with E-state index in [1.807, 2.05) is 6.92 Å². The largest absolute Gasteiger partial charge is 0.310 e. The van der Waals surface area contributed by atoms with Crippen molar-refractivity contribution in [2.24, 2.45) is 5.92 Å². The molecule has 1 N–H and O–H groups in total. The van der Waals surface area contributed by atoms with Crippen LogP contribution < -0.4 is 5.32 Å². The average molecular weight is 320 g/mol. The monoisotopic (exact) mass is 319 g/mol. The standard InChI is InChI=1S/C14H19ClFNO2S/c1-2-4-17-14(10-3-5-20(18,19)9-10)11-6-12(15)8-13(16)7-11/h6-8,10,14,17H,2-5,9H2,1H3. The molecule has 1 saturated heterocycles. The molecule has 1 fully saturated rings. The van der Waals surface area contributed by atoms with Crippen LogP contribution in [0.25, 0.3) is 0 Å². The summed E-state index contributed by atoms with van der Waals surface area (Å²) in [7, 11) is -2.96. The molecular formula is C14H19ClFNO2S. The Balaban J connectivity index is 2.27. The Morgan fingerprint density at radius 2 is 2.20 bits per heavy atom. The molecule has 0 saturated carbocycles. The van der Waals surface area contributed by atoms with E-state index in [0.717, 1.165) is 18.5 Å². The Morgan fingerprint density at radius 1 is 1.45 bits per heavy atom. The molecule has 0 aromatic heterocycles. The first-order valence-electron chi connectivity index (χ1n) is 6.81. The summed E-state index contributed by atoms with van der Waals surface area (Å²) < 4.78 is 36.8. The molecule has 20 heavy (non-hydrogen) atoms. The van der Waals surface area contributed by atoms with Crippen molar-refractivity contribution in [3.63, 3.8) is 0 Å². The molecule has 1 aromatic rings. The SMILES string of the molecule is CCCNC(c1cc(F)cc(Cl)c1)C1CCS(=O)(=O)C1. The predicted octanol–water partition coefficient (Wildman–Crippen LogP) is 2.95. The lowest BCUT2D eigenvalue weighted by Crippen LogP contribution is -2.30. The quantitative estimate of drug-likeness (QED) is 0.907. The highest BCUT2D eigenvalue weighted by atomic mass is 35.5. The number of sulfone groups is 1. The lowest BCUT2D eigenvalue weighted by atomic mass is 9.92. The molecule has 0 amide bonds. The Kier molecular flexibility index (Phi) is 5.04. The second-order valence-electron chi connectivity index (χ2n) is 5.30. The molecular weight excluding hydrogens is 301 g/mol. The molecule has 0 aliphatic carbocycles. The fourth-order valence-electron chi connectivity index (χ4n) is 2.70. The summed E-state index contributed by atoms with van der Waals surface area (Å²) in [4.78, 5) is 0. The highest BCUT2D eigenvalue weighted by Crippen LogP contribution is 2.33. The summed E-state index contributed by atoms with van der Waals surface area (Å²) >= 11 is 5.90. The third-order valence-corrected chi connectivity index (χ3v) is 5.61. The summed E-state index contributed by atoms with van der Waals surface area (Å²) in [6.07, 6.45) is 1.54. The van der Waals surface area contributed by atoms with E-state index in [0.29, 0.717) is 11.4 Å². The van der Waals surface area contributed by atoms with Gasteiger partial charge in [-0.2, -0.15) is 0 Å². The van der Waals surface area contributed by atoms with Crippen molar-refractivity contribution in [3.8, 4) is 0 Å². The van der Waals surface area contributed by atoms with Crippen LogP contribution in [-0.4, -0.2) is 26.5 Å². The van der Waals surface area contributed by atoms with Crippen LogP contribution in [0.4, 0.5) is 4.39 Å². The summed E-state index contributed by atoms with van der Waals surface area (Å²) in [5, 5.41) is 3.67. The fraction of sp³-hybridized carbons (Fsp3) is 0.571. The number of halogens is 2. The lowest BCUT2D eigenvalue weighted by molar-refractivity contribution is 0.391. The topological polar surface area (TPSA) is 46.2 Å². The molecule has 6 heteroatoms. The van der Waals surface area contributed by atoms with E-state index in [1.165, 1.54) is 12.1 Å². The summed E-state index contributed by atoms with van der Waals surface area (Å²) in [5.41, 5.74) is 0.727. The van der Waals surface area contributed by atoms with Crippen LogP contribution in [0.3, 0.4) is 0 Å². The number of nitrogens with one attached hydrogen (secondary N) is 1. The van der Waals surface area contributed by atoms with Gasteiger partial charge in [0.15, 0.2) is 9.84 Å². The first-order chi connectivity index (χ1) is 9.41. The minimum absolute atomic E-state index is 0.0237. The molecule has 0 spiro atoms. The van der Waals surface area contributed by atoms with E-state index in [2.05, 4.69) is 5.32 Å². The van der Waals surface area contributed by atoms with Crippen molar-refractivity contribution in [1.29, 1.82) is 0 Å². The highest BCUT2D eigenvalue weighted by Gasteiger charge is 2.34. The molecule has 0 radical (unpaired) electrons. The van der Waals surface area contributed by atoms with Gasteiger partial charge in [-0.15, -0.1) is 0 Å². The van der Waals surface area contributed by atoms with Gasteiger partial charge in [0.2, 0.25) is 0 Å². The molecule has 2 atom stereocenters. The maximum absolute atomic E-state index is 13.5. The van der Waals surface area contributed by atoms with Crippen LogP contribution in [-0.2, 0) is 9.84 Å². The molecule has 1 heterocycles. The molecule has 3 nitrogen and oxygen atoms in total. The molecule has 1 aromatic carbocycles. The van der Waals surface area contributed by atoms with Gasteiger partial charge in [0.1, 0.15) is 5.82 Å². The molecule has 2 rings (SSSR count). The van der Waals surface area contributed by atoms with Crippen LogP contribution in [0, 0.1) is 11.7 Å². The Hall–Kier alpha value is -0.650. The van der Waals surface area contributed by atoms with Gasteiger partial charge in [0, 0.05) is 11.1 Å². The molecule has 0 bridgehead atoms. The van der Waals surface area contributed by atoms with E-state index in [4.69, 9.17) is 11.6 Å². The van der Waals surface area contributed by atoms with E-state index >= 15 is 0 Å². The average Bonchev–Trinajstić information content (AvgIpc) is 2.69. The van der Waals surface area contributed by atoms with Gasteiger partial charge in [-0.1, -0.05) is 18.5 Å². The Labute approximate surface area is 124 Å². The van der Waals surface area contributed by atoms with Crippen LogP contribution in [0.15, 0.2) is 18.2 Å². The lowest BCUT2D eigenvalue weighted by Gasteiger charge is -2.24. The van der Waals surface area contributed by atoms with Crippen LogP contribution in [0.2, 0.25) is 5.02 Å². The second kappa shape index (κ2) is 6.41. The molecule has 2 unspecified atom stereocenters. The first-order valence-corrected chi connectivity index (χ1v) is 9.01. The number of benzene rings is 1. The number of hydrogen-bond acceptors (Lipinski definition) is 3. The summed E-state index contributed by atoms with van der Waals surface area (Å²) in [5.74, 6) is -0.0471. The highest BCUT2D eigenvalue weighted by molar-refractivity contribution is 7.91. The third kappa shape index (κ3) is 3.93. The minimum atomic E-state index is -2.96. The van der Waals surface area contributed by atoms with Gasteiger partial charge in [-0.25, -0.2) is 12.8 Å². The minimum Gasteiger partial charge on any atom is -0.310 e. The van der Waals surface area contributed by atoms with Crippen molar-refractivity contribution in [2.75, 3.05) is 18.1 Å². The predicted molar refractivity (Wildman–Crippen MR) is 79.2 cm³/mol. The Bertz CT molecular complexity index is 556. The normalized spacial score (nSPS) is 22.9. The van der Waals surface area contributed by atoms with Crippen molar-refractivity contribution in [2.45, 2.75) is 25.8 Å². The van der Waals surface area contributed by atoms with E-state index < -0.39 is 15.7 Å². The van der Waals surface area contributed by atoms with E-state index in [-0.39, 0.29) is 23.5 Å². The van der Waals surface area contributed by atoms with Gasteiger partial charge < -0.3 is 5.32 Å². The number of hydrogen-bond donors (Lipinski definition) is 1. The van der Waals surface area contributed by atoms with Crippen LogP contribution in [0.1, 0.15) is 31.4 Å². The zero-order valence-corrected chi connectivity index (χ0v) is 13.0. The van der Waals surface area contributed by atoms with Gasteiger partial charge in [0.25, 0.3) is 0 Å². The molecule has 1 aliphatic heterocycles. The van der Waals surface area contributed by atoms with Crippen LogP contribution >= 0.6 is 11.6 Å². The zero-order chi connectivity index (χ0) is 14.8. The van der Waals surface area contributed by atoms with Crippen molar-refractivity contribution in [3.05, 3.63) is 34.6 Å². The molecule has 1 aliphatic rings. The number of rotatable bonds is 5.